The number of amides is 1. The number of carbonyl (C=O) groups excluding carboxylic acids is 1. The summed E-state index contributed by atoms with van der Waals surface area (Å²) >= 11 is 7.57. The highest BCUT2D eigenvalue weighted by molar-refractivity contribution is 7.14. The van der Waals surface area contributed by atoms with Gasteiger partial charge in [-0.1, -0.05) is 31.9 Å². The molecular weight excluding hydrogens is 394 g/mol. The largest absolute Gasteiger partial charge is 0.330 e. The van der Waals surface area contributed by atoms with E-state index in [1.807, 2.05) is 13.0 Å². The molecule has 1 aromatic carbocycles. The van der Waals surface area contributed by atoms with Crippen LogP contribution < -0.4 is 5.56 Å². The summed E-state index contributed by atoms with van der Waals surface area (Å²) in [5.41, 5.74) is 1.55. The Kier molecular flexibility index (Phi) is 6.52. The maximum atomic E-state index is 13.1. The number of H-pyrrole nitrogens is 1. The van der Waals surface area contributed by atoms with Crippen molar-refractivity contribution in [3.05, 3.63) is 60.8 Å². The monoisotopic (exact) mass is 417 g/mol. The average Bonchev–Trinajstić information content (AvgIpc) is 3.01. The zero-order valence-electron chi connectivity index (χ0n) is 16.3. The predicted octanol–water partition coefficient (Wildman–Crippen LogP) is 4.95. The van der Waals surface area contributed by atoms with Gasteiger partial charge in [0.2, 0.25) is 0 Å². The van der Waals surface area contributed by atoms with Gasteiger partial charge in [0.1, 0.15) is 5.82 Å². The molecule has 148 valence electrons. The van der Waals surface area contributed by atoms with Crippen molar-refractivity contribution in [3.8, 4) is 0 Å². The molecule has 0 saturated carbocycles. The van der Waals surface area contributed by atoms with Crippen LogP contribution in [0.4, 0.5) is 0 Å². The lowest BCUT2D eigenvalue weighted by molar-refractivity contribution is 0.0743. The number of thiophene rings is 1. The number of hydrogen-bond donors (Lipinski definition) is 1. The number of aromatic nitrogens is 2. The molecule has 5 nitrogen and oxygen atoms in total. The van der Waals surface area contributed by atoms with Crippen LogP contribution in [-0.4, -0.2) is 27.3 Å². The zero-order valence-corrected chi connectivity index (χ0v) is 17.9. The molecule has 3 aromatic rings. The second kappa shape index (κ2) is 8.88. The first-order valence-electron chi connectivity index (χ1n) is 9.50. The summed E-state index contributed by atoms with van der Waals surface area (Å²) in [5.74, 6) is 0.440. The van der Waals surface area contributed by atoms with Crippen molar-refractivity contribution in [3.63, 3.8) is 0 Å². The van der Waals surface area contributed by atoms with E-state index < -0.39 is 0 Å². The van der Waals surface area contributed by atoms with Gasteiger partial charge in [0, 0.05) is 16.4 Å². The minimum atomic E-state index is -0.224. The molecule has 0 aliphatic rings. The van der Waals surface area contributed by atoms with Gasteiger partial charge in [-0.2, -0.15) is 0 Å². The van der Waals surface area contributed by atoms with Crippen molar-refractivity contribution in [2.75, 3.05) is 6.54 Å². The fourth-order valence-electron chi connectivity index (χ4n) is 3.24. The molecule has 0 atom stereocenters. The number of fused-ring (bicyclic) bond motifs is 1. The molecule has 0 unspecified atom stereocenters. The van der Waals surface area contributed by atoms with Gasteiger partial charge in [-0.3, -0.25) is 9.59 Å². The zero-order chi connectivity index (χ0) is 20.3. The summed E-state index contributed by atoms with van der Waals surface area (Å²) in [7, 11) is 0. The van der Waals surface area contributed by atoms with Gasteiger partial charge in [-0.05, 0) is 49.6 Å². The van der Waals surface area contributed by atoms with Crippen molar-refractivity contribution in [2.45, 2.75) is 46.6 Å². The number of nitrogens with zero attached hydrogens (tertiary/aromatic N) is 2. The van der Waals surface area contributed by atoms with Crippen molar-refractivity contribution < 1.29 is 4.79 Å². The van der Waals surface area contributed by atoms with Crippen LogP contribution in [0.2, 0.25) is 5.02 Å². The molecule has 0 fully saturated rings. The molecule has 7 heteroatoms. The fourth-order valence-corrected chi connectivity index (χ4v) is 4.44. The Hall–Kier alpha value is -2.18. The van der Waals surface area contributed by atoms with E-state index in [1.165, 1.54) is 21.8 Å². The van der Waals surface area contributed by atoms with E-state index in [4.69, 9.17) is 11.6 Å². The summed E-state index contributed by atoms with van der Waals surface area (Å²) < 4.78 is 0. The lowest BCUT2D eigenvalue weighted by Gasteiger charge is -2.21. The molecule has 0 bridgehead atoms. The third-order valence-corrected chi connectivity index (χ3v) is 5.91. The lowest BCUT2D eigenvalue weighted by atomic mass is 10.1. The van der Waals surface area contributed by atoms with Crippen LogP contribution in [0.3, 0.4) is 0 Å². The molecule has 2 aromatic heterocycles. The number of rotatable bonds is 7. The highest BCUT2D eigenvalue weighted by Gasteiger charge is 2.20. The van der Waals surface area contributed by atoms with E-state index in [0.29, 0.717) is 28.3 Å². The van der Waals surface area contributed by atoms with Crippen LogP contribution in [0, 0.1) is 6.92 Å². The highest BCUT2D eigenvalue weighted by atomic mass is 35.5. The molecule has 0 radical (unpaired) electrons. The first-order valence-corrected chi connectivity index (χ1v) is 10.7. The van der Waals surface area contributed by atoms with Gasteiger partial charge in [-0.15, -0.1) is 11.3 Å². The topological polar surface area (TPSA) is 66.1 Å². The van der Waals surface area contributed by atoms with E-state index in [-0.39, 0.29) is 18.0 Å². The third-order valence-electron chi connectivity index (χ3n) is 4.59. The van der Waals surface area contributed by atoms with Crippen molar-refractivity contribution in [2.24, 2.45) is 0 Å². The molecule has 1 N–H and O–H groups in total. The van der Waals surface area contributed by atoms with E-state index in [9.17, 15) is 9.59 Å². The third kappa shape index (κ3) is 4.45. The second-order valence-electron chi connectivity index (χ2n) is 6.84. The minimum absolute atomic E-state index is 0.0221. The van der Waals surface area contributed by atoms with Gasteiger partial charge >= 0.3 is 0 Å². The molecule has 1 amide bonds. The Morgan fingerprint density at radius 3 is 2.75 bits per heavy atom. The van der Waals surface area contributed by atoms with Crippen molar-refractivity contribution >= 4 is 39.7 Å². The maximum Gasteiger partial charge on any atom is 0.264 e. The Labute approximate surface area is 173 Å². The van der Waals surface area contributed by atoms with Crippen molar-refractivity contribution in [1.82, 2.24) is 14.9 Å². The molecule has 0 saturated heterocycles. The summed E-state index contributed by atoms with van der Waals surface area (Å²) in [4.78, 5) is 36.5. The Balaban J connectivity index is 1.90. The van der Waals surface area contributed by atoms with Gasteiger partial charge < -0.3 is 9.88 Å². The van der Waals surface area contributed by atoms with Crippen LogP contribution in [0.25, 0.3) is 10.9 Å². The number of aryl methyl sites for hydroxylation is 2. The second-order valence-corrected chi connectivity index (χ2v) is 8.54. The van der Waals surface area contributed by atoms with Gasteiger partial charge in [0.25, 0.3) is 11.5 Å². The summed E-state index contributed by atoms with van der Waals surface area (Å²) in [6.45, 7) is 7.07. The molecular formula is C21H24ClN3O2S. The quantitative estimate of drug-likeness (QED) is 0.591. The van der Waals surface area contributed by atoms with E-state index in [0.717, 1.165) is 24.1 Å². The summed E-state index contributed by atoms with van der Waals surface area (Å²) in [5, 5.41) is 1.01. The lowest BCUT2D eigenvalue weighted by Crippen LogP contribution is -2.32. The van der Waals surface area contributed by atoms with Gasteiger partial charge in [0.15, 0.2) is 0 Å². The molecule has 28 heavy (non-hydrogen) atoms. The van der Waals surface area contributed by atoms with Gasteiger partial charge in [-0.25, -0.2) is 4.98 Å². The number of halogens is 1. The summed E-state index contributed by atoms with van der Waals surface area (Å²) in [6, 6.07) is 7.00. The van der Waals surface area contributed by atoms with Gasteiger partial charge in [0.05, 0.1) is 22.3 Å². The molecule has 0 aliphatic carbocycles. The molecule has 3 rings (SSSR count). The first kappa shape index (κ1) is 20.6. The van der Waals surface area contributed by atoms with Crippen LogP contribution in [0.5, 0.6) is 0 Å². The van der Waals surface area contributed by atoms with Crippen LogP contribution in [0.1, 0.15) is 52.6 Å². The minimum Gasteiger partial charge on any atom is -0.330 e. The predicted molar refractivity (Wildman–Crippen MR) is 115 cm³/mol. The highest BCUT2D eigenvalue weighted by Crippen LogP contribution is 2.25. The first-order chi connectivity index (χ1) is 13.4. The van der Waals surface area contributed by atoms with Crippen molar-refractivity contribution in [1.29, 1.82) is 0 Å². The number of carbonyl (C=O) groups is 1. The number of nitrogens with one attached hydrogen (secondary N) is 1. The van der Waals surface area contributed by atoms with Crippen LogP contribution in [0.15, 0.2) is 29.1 Å². The SMILES string of the molecule is CCCc1cc(C(=O)N(CCC)Cc2nc3cc(Cl)ccc3c(=O)[nH]2)sc1C. The van der Waals surface area contributed by atoms with E-state index in [2.05, 4.69) is 23.8 Å². The Bertz CT molecular complexity index is 1060. The smallest absolute Gasteiger partial charge is 0.264 e. The summed E-state index contributed by atoms with van der Waals surface area (Å²) in [6.07, 6.45) is 2.85. The fraction of sp³-hybridized carbons (Fsp3) is 0.381. The van der Waals surface area contributed by atoms with E-state index in [1.54, 1.807) is 23.1 Å². The maximum absolute atomic E-state index is 13.1. The van der Waals surface area contributed by atoms with E-state index >= 15 is 0 Å². The van der Waals surface area contributed by atoms with Crippen LogP contribution >= 0.6 is 22.9 Å². The standard InChI is InChI=1S/C21H24ClN3O2S/c1-4-6-14-10-18(28-13(14)3)21(27)25(9-5-2)12-19-23-17-11-15(22)7-8-16(17)20(26)24-19/h7-8,10-11H,4-6,9,12H2,1-3H3,(H,23,24,26). The normalized spacial score (nSPS) is 11.1. The number of hydrogen-bond acceptors (Lipinski definition) is 4. The number of aromatic amines is 1. The molecule has 0 aliphatic heterocycles. The average molecular weight is 418 g/mol. The van der Waals surface area contributed by atoms with Crippen LogP contribution in [-0.2, 0) is 13.0 Å². The Morgan fingerprint density at radius 1 is 1.25 bits per heavy atom. The Morgan fingerprint density at radius 2 is 2.04 bits per heavy atom. The number of benzene rings is 1. The molecule has 0 spiro atoms. The molecule has 2 heterocycles.